The standard InChI is InChI=1S/C26H26F2N6O5S/c1-26(2)20-11-16(30-18-5-4-10-33(13-18)40(3,37)38)8-9-19(20)24(35)34(25(26)36)14-17-7-6-15(12-29-17)22-31-32-23(39-22)21(27)28/h4-9,11-12,18,21,30H,10,13-14H2,1-3H3. The van der Waals surface area contributed by atoms with Crippen molar-refractivity contribution in [1.29, 1.82) is 0 Å². The van der Waals surface area contributed by atoms with E-state index in [1.54, 1.807) is 44.2 Å². The first-order valence-corrected chi connectivity index (χ1v) is 14.2. The first-order valence-electron chi connectivity index (χ1n) is 12.3. The van der Waals surface area contributed by atoms with Crippen LogP contribution < -0.4 is 5.32 Å². The molecule has 0 bridgehead atoms. The molecular weight excluding hydrogens is 546 g/mol. The molecule has 1 N–H and O–H groups in total. The van der Waals surface area contributed by atoms with E-state index in [0.29, 0.717) is 34.6 Å². The summed E-state index contributed by atoms with van der Waals surface area (Å²) in [6.45, 7) is 3.93. The smallest absolute Gasteiger partial charge is 0.314 e. The van der Waals surface area contributed by atoms with E-state index in [9.17, 15) is 26.8 Å². The van der Waals surface area contributed by atoms with Gasteiger partial charge in [0.15, 0.2) is 0 Å². The largest absolute Gasteiger partial charge is 0.415 e. The Balaban J connectivity index is 1.34. The van der Waals surface area contributed by atoms with Gasteiger partial charge in [-0.2, -0.15) is 13.1 Å². The summed E-state index contributed by atoms with van der Waals surface area (Å²) in [5.41, 5.74) is 1.25. The molecule has 2 aromatic heterocycles. The van der Waals surface area contributed by atoms with Crippen LogP contribution >= 0.6 is 0 Å². The molecule has 0 spiro atoms. The number of hydrogen-bond acceptors (Lipinski definition) is 9. The van der Waals surface area contributed by atoms with Crippen LogP contribution in [0.15, 0.2) is 53.1 Å². The number of benzene rings is 1. The van der Waals surface area contributed by atoms with Gasteiger partial charge in [0.05, 0.1) is 35.5 Å². The number of carbonyl (C=O) groups excluding carboxylic acids is 2. The fourth-order valence-corrected chi connectivity index (χ4v) is 5.48. The third kappa shape index (κ3) is 5.23. The second-order valence-electron chi connectivity index (χ2n) is 10.1. The van der Waals surface area contributed by atoms with Crippen molar-refractivity contribution < 1.29 is 31.2 Å². The van der Waals surface area contributed by atoms with E-state index in [1.165, 1.54) is 16.6 Å². The van der Waals surface area contributed by atoms with Gasteiger partial charge in [0, 0.05) is 30.5 Å². The number of pyridine rings is 1. The predicted octanol–water partition coefficient (Wildman–Crippen LogP) is 3.14. The predicted molar refractivity (Wildman–Crippen MR) is 140 cm³/mol. The Labute approximate surface area is 228 Å². The minimum absolute atomic E-state index is 0.0961. The number of alkyl halides is 2. The lowest BCUT2D eigenvalue weighted by molar-refractivity contribution is -0.134. The zero-order valence-corrected chi connectivity index (χ0v) is 22.7. The number of carbonyl (C=O) groups is 2. The quantitative estimate of drug-likeness (QED) is 0.334. The minimum Gasteiger partial charge on any atom is -0.415 e. The highest BCUT2D eigenvalue weighted by Crippen LogP contribution is 2.37. The van der Waals surface area contributed by atoms with Crippen LogP contribution in [0.3, 0.4) is 0 Å². The van der Waals surface area contributed by atoms with Crippen molar-refractivity contribution >= 4 is 27.5 Å². The van der Waals surface area contributed by atoms with Crippen molar-refractivity contribution in [3.8, 4) is 11.5 Å². The van der Waals surface area contributed by atoms with Gasteiger partial charge in [-0.25, -0.2) is 8.42 Å². The van der Waals surface area contributed by atoms with Gasteiger partial charge in [0.1, 0.15) is 0 Å². The van der Waals surface area contributed by atoms with E-state index >= 15 is 0 Å². The van der Waals surface area contributed by atoms with Gasteiger partial charge >= 0.3 is 6.43 Å². The second-order valence-corrected chi connectivity index (χ2v) is 12.1. The zero-order valence-electron chi connectivity index (χ0n) is 21.8. The Bertz CT molecular complexity index is 1600. The molecule has 2 aliphatic heterocycles. The van der Waals surface area contributed by atoms with Crippen molar-refractivity contribution in [2.75, 3.05) is 24.7 Å². The van der Waals surface area contributed by atoms with E-state index in [0.717, 1.165) is 11.2 Å². The number of fused-ring (bicyclic) bond motifs is 1. The molecule has 11 nitrogen and oxygen atoms in total. The van der Waals surface area contributed by atoms with Gasteiger partial charge in [-0.3, -0.25) is 19.5 Å². The molecule has 1 atom stereocenters. The summed E-state index contributed by atoms with van der Waals surface area (Å²) >= 11 is 0. The summed E-state index contributed by atoms with van der Waals surface area (Å²) in [6, 6.07) is 7.93. The van der Waals surface area contributed by atoms with Gasteiger partial charge in [-0.05, 0) is 49.7 Å². The van der Waals surface area contributed by atoms with Crippen LogP contribution in [-0.2, 0) is 26.8 Å². The molecule has 0 saturated carbocycles. The molecule has 40 heavy (non-hydrogen) atoms. The van der Waals surface area contributed by atoms with Gasteiger partial charge in [0.2, 0.25) is 21.8 Å². The Morgan fingerprint density at radius 1 is 1.18 bits per heavy atom. The molecule has 2 aliphatic rings. The Kier molecular flexibility index (Phi) is 7.00. The second kappa shape index (κ2) is 10.2. The zero-order chi connectivity index (χ0) is 28.8. The van der Waals surface area contributed by atoms with E-state index in [-0.39, 0.29) is 25.0 Å². The number of halogens is 2. The summed E-state index contributed by atoms with van der Waals surface area (Å²) in [4.78, 5) is 32.3. The van der Waals surface area contributed by atoms with Gasteiger partial charge in [-0.15, -0.1) is 10.2 Å². The third-order valence-electron chi connectivity index (χ3n) is 6.87. The van der Waals surface area contributed by atoms with Gasteiger partial charge in [0.25, 0.3) is 11.8 Å². The number of anilines is 1. The Morgan fingerprint density at radius 3 is 2.60 bits per heavy atom. The van der Waals surface area contributed by atoms with Crippen molar-refractivity contribution in [2.24, 2.45) is 0 Å². The highest BCUT2D eigenvalue weighted by atomic mass is 32.2. The fourth-order valence-electron chi connectivity index (χ4n) is 4.69. The maximum atomic E-state index is 13.5. The number of aromatic nitrogens is 3. The topological polar surface area (TPSA) is 139 Å². The summed E-state index contributed by atoms with van der Waals surface area (Å²) in [5, 5.41) is 10.2. The number of sulfonamides is 1. The van der Waals surface area contributed by atoms with Crippen LogP contribution in [0.5, 0.6) is 0 Å². The molecule has 0 fully saturated rings. The average molecular weight is 573 g/mol. The van der Waals surface area contributed by atoms with Crippen LogP contribution in [0.4, 0.5) is 14.5 Å². The number of hydrogen-bond donors (Lipinski definition) is 1. The molecule has 3 aromatic rings. The molecule has 0 aliphatic carbocycles. The number of amides is 2. The maximum absolute atomic E-state index is 13.5. The summed E-state index contributed by atoms with van der Waals surface area (Å²) < 4.78 is 55.7. The molecule has 1 unspecified atom stereocenters. The van der Waals surface area contributed by atoms with Crippen molar-refractivity contribution in [3.63, 3.8) is 0 Å². The average Bonchev–Trinajstić information content (AvgIpc) is 3.41. The number of nitrogens with zero attached hydrogens (tertiary/aromatic N) is 5. The Morgan fingerprint density at radius 2 is 1.95 bits per heavy atom. The van der Waals surface area contributed by atoms with E-state index in [2.05, 4.69) is 20.5 Å². The van der Waals surface area contributed by atoms with Crippen LogP contribution in [0.1, 0.15) is 47.8 Å². The normalized spacial score (nSPS) is 19.2. The Hall–Kier alpha value is -4.04. The lowest BCUT2D eigenvalue weighted by Crippen LogP contribution is -2.51. The van der Waals surface area contributed by atoms with Crippen LogP contribution in [0, 0.1) is 0 Å². The first-order chi connectivity index (χ1) is 18.8. The summed E-state index contributed by atoms with van der Waals surface area (Å²) in [7, 11) is -3.35. The van der Waals surface area contributed by atoms with E-state index in [4.69, 9.17) is 4.42 Å². The van der Waals surface area contributed by atoms with E-state index < -0.39 is 39.6 Å². The third-order valence-corrected chi connectivity index (χ3v) is 8.10. The van der Waals surface area contributed by atoms with Gasteiger partial charge < -0.3 is 9.73 Å². The highest BCUT2D eigenvalue weighted by Gasteiger charge is 2.44. The van der Waals surface area contributed by atoms with Crippen LogP contribution in [-0.4, -0.2) is 70.0 Å². The molecular formula is C26H26F2N6O5S. The highest BCUT2D eigenvalue weighted by molar-refractivity contribution is 7.88. The van der Waals surface area contributed by atoms with Crippen molar-refractivity contribution in [2.45, 2.75) is 38.3 Å². The first kappa shape index (κ1) is 27.5. The maximum Gasteiger partial charge on any atom is 0.314 e. The minimum atomic E-state index is -3.35. The molecule has 5 rings (SSSR count). The molecule has 210 valence electrons. The molecule has 1 aromatic carbocycles. The summed E-state index contributed by atoms with van der Waals surface area (Å²) in [6.07, 6.45) is 3.28. The van der Waals surface area contributed by atoms with Crippen LogP contribution in [0.2, 0.25) is 0 Å². The van der Waals surface area contributed by atoms with Crippen molar-refractivity contribution in [1.82, 2.24) is 24.4 Å². The lowest BCUT2D eigenvalue weighted by atomic mass is 9.77. The summed E-state index contributed by atoms with van der Waals surface area (Å²) in [5.74, 6) is -1.80. The fraction of sp³-hybridized carbons (Fsp3) is 0.346. The molecule has 0 saturated heterocycles. The molecule has 4 heterocycles. The number of rotatable bonds is 7. The lowest BCUT2D eigenvalue weighted by Gasteiger charge is -2.37. The molecule has 2 amide bonds. The monoisotopic (exact) mass is 572 g/mol. The van der Waals surface area contributed by atoms with E-state index in [1.807, 2.05) is 6.08 Å². The molecule has 0 radical (unpaired) electrons. The molecule has 14 heteroatoms. The number of nitrogens with one attached hydrogen (secondary N) is 1. The van der Waals surface area contributed by atoms with Gasteiger partial charge in [-0.1, -0.05) is 12.2 Å². The SMILES string of the molecule is CC1(C)C(=O)N(Cc2ccc(-c3nnc(C(F)F)o3)cn2)C(=O)c2ccc(NC3C=CCN(S(C)(=O)=O)C3)cc21. The van der Waals surface area contributed by atoms with Crippen molar-refractivity contribution in [3.05, 3.63) is 71.4 Å². The number of imide groups is 1. The van der Waals surface area contributed by atoms with Crippen LogP contribution in [0.25, 0.3) is 11.5 Å².